The van der Waals surface area contributed by atoms with Crippen LogP contribution >= 0.6 is 0 Å². The molecular formula is C26H21N3O3. The fourth-order valence-electron chi connectivity index (χ4n) is 3.86. The number of phenolic OH excluding ortho intramolecular Hbond substituents is 2. The normalized spacial score (nSPS) is 11.3. The van der Waals surface area contributed by atoms with Crippen LogP contribution in [0.1, 0.15) is 13.8 Å². The number of ether oxygens (including phenoxy) is 1. The highest BCUT2D eigenvalue weighted by Gasteiger charge is 2.20. The first-order valence-corrected chi connectivity index (χ1v) is 10.4. The van der Waals surface area contributed by atoms with Gasteiger partial charge in [0.25, 0.3) is 0 Å². The predicted molar refractivity (Wildman–Crippen MR) is 125 cm³/mol. The highest BCUT2D eigenvalue weighted by molar-refractivity contribution is 6.11. The molecule has 5 aromatic rings. The molecule has 158 valence electrons. The largest absolute Gasteiger partial charge is 0.507 e. The Kier molecular flexibility index (Phi) is 4.82. The van der Waals surface area contributed by atoms with Gasteiger partial charge in [0, 0.05) is 5.56 Å². The summed E-state index contributed by atoms with van der Waals surface area (Å²) in [4.78, 5) is 13.7. The number of phenols is 2. The molecule has 0 aliphatic rings. The third-order valence-electron chi connectivity index (χ3n) is 5.19. The topological polar surface area (TPSA) is 88.4 Å². The van der Waals surface area contributed by atoms with Crippen molar-refractivity contribution in [3.05, 3.63) is 72.8 Å². The van der Waals surface area contributed by atoms with E-state index in [1.807, 2.05) is 62.4 Å². The molecule has 0 saturated carbocycles. The lowest BCUT2D eigenvalue weighted by molar-refractivity contribution is 0.222. The van der Waals surface area contributed by atoms with Crippen LogP contribution in [0.4, 0.5) is 0 Å². The molecule has 0 fully saturated rings. The van der Waals surface area contributed by atoms with Gasteiger partial charge in [0.1, 0.15) is 17.1 Å². The Balaban J connectivity index is 1.87. The van der Waals surface area contributed by atoms with Crippen LogP contribution in [0.5, 0.6) is 17.5 Å². The van der Waals surface area contributed by atoms with Gasteiger partial charge in [0.05, 0.1) is 6.10 Å². The summed E-state index contributed by atoms with van der Waals surface area (Å²) in [7, 11) is 0. The van der Waals surface area contributed by atoms with E-state index in [0.29, 0.717) is 5.82 Å². The minimum atomic E-state index is -0.166. The van der Waals surface area contributed by atoms with Crippen molar-refractivity contribution in [3.8, 4) is 40.3 Å². The van der Waals surface area contributed by atoms with Crippen molar-refractivity contribution >= 4 is 21.5 Å². The van der Waals surface area contributed by atoms with E-state index in [2.05, 4.69) is 21.0 Å². The highest BCUT2D eigenvalue weighted by atomic mass is 16.5. The monoisotopic (exact) mass is 423 g/mol. The second-order valence-electron chi connectivity index (χ2n) is 7.80. The van der Waals surface area contributed by atoms with E-state index in [1.165, 1.54) is 12.1 Å². The van der Waals surface area contributed by atoms with Gasteiger partial charge < -0.3 is 14.9 Å². The second-order valence-corrected chi connectivity index (χ2v) is 7.80. The predicted octanol–water partition coefficient (Wildman–Crippen LogP) is 5.71. The SMILES string of the molecule is CC(C)Oc1nc(-c2c(O)cccc2O)nc(-c2c3ccccc3cc3ccccc23)n1. The van der Waals surface area contributed by atoms with Crippen LogP contribution in [0, 0.1) is 0 Å². The molecule has 0 aliphatic carbocycles. The molecule has 0 unspecified atom stereocenters. The van der Waals surface area contributed by atoms with Crippen LogP contribution in [0.2, 0.25) is 0 Å². The van der Waals surface area contributed by atoms with Crippen LogP contribution < -0.4 is 4.74 Å². The van der Waals surface area contributed by atoms with Crippen LogP contribution in [-0.2, 0) is 0 Å². The zero-order valence-electron chi connectivity index (χ0n) is 17.6. The first-order valence-electron chi connectivity index (χ1n) is 10.4. The number of hydrogen-bond donors (Lipinski definition) is 2. The van der Waals surface area contributed by atoms with Crippen LogP contribution in [-0.4, -0.2) is 31.3 Å². The maximum Gasteiger partial charge on any atom is 0.320 e. The summed E-state index contributed by atoms with van der Waals surface area (Å²) in [6, 6.07) is 22.9. The molecule has 0 bridgehead atoms. The molecule has 5 rings (SSSR count). The zero-order chi connectivity index (χ0) is 22.2. The van der Waals surface area contributed by atoms with Crippen LogP contribution in [0.3, 0.4) is 0 Å². The molecule has 0 saturated heterocycles. The van der Waals surface area contributed by atoms with Crippen molar-refractivity contribution in [2.75, 3.05) is 0 Å². The van der Waals surface area contributed by atoms with Crippen molar-refractivity contribution in [2.24, 2.45) is 0 Å². The average molecular weight is 423 g/mol. The van der Waals surface area contributed by atoms with Gasteiger partial charge >= 0.3 is 6.01 Å². The van der Waals surface area contributed by atoms with Gasteiger partial charge in [0.15, 0.2) is 11.6 Å². The zero-order valence-corrected chi connectivity index (χ0v) is 17.6. The number of aromatic hydroxyl groups is 2. The molecule has 0 atom stereocenters. The maximum atomic E-state index is 10.4. The van der Waals surface area contributed by atoms with Crippen LogP contribution in [0.25, 0.3) is 44.3 Å². The standard InChI is InChI=1S/C26H21N3O3/c1-15(2)32-26-28-24(27-25(29-26)23-20(30)12-7-13-21(23)31)22-18-10-5-3-8-16(18)14-17-9-4-6-11-19(17)22/h3-15,30-31H,1-2H3. The summed E-state index contributed by atoms with van der Waals surface area (Å²) < 4.78 is 5.82. The number of fused-ring (bicyclic) bond motifs is 2. The third-order valence-corrected chi connectivity index (χ3v) is 5.19. The maximum absolute atomic E-state index is 10.4. The smallest absolute Gasteiger partial charge is 0.320 e. The Morgan fingerprint density at radius 3 is 1.75 bits per heavy atom. The van der Waals surface area contributed by atoms with E-state index in [0.717, 1.165) is 27.1 Å². The van der Waals surface area contributed by atoms with E-state index < -0.39 is 0 Å². The number of rotatable bonds is 4. The summed E-state index contributed by atoms with van der Waals surface area (Å²) in [5.41, 5.74) is 0.972. The Morgan fingerprint density at radius 1 is 0.656 bits per heavy atom. The molecule has 0 spiro atoms. The number of nitrogens with zero attached hydrogens (tertiary/aromatic N) is 3. The Labute approximate surface area is 184 Å². The van der Waals surface area contributed by atoms with Gasteiger partial charge in [-0.05, 0) is 53.6 Å². The minimum absolute atomic E-state index is 0.125. The molecular weight excluding hydrogens is 402 g/mol. The third kappa shape index (κ3) is 3.46. The van der Waals surface area contributed by atoms with Crippen molar-refractivity contribution in [2.45, 2.75) is 20.0 Å². The van der Waals surface area contributed by atoms with E-state index >= 15 is 0 Å². The van der Waals surface area contributed by atoms with Crippen molar-refractivity contribution in [1.82, 2.24) is 15.0 Å². The summed E-state index contributed by atoms with van der Waals surface area (Å²) in [5, 5.41) is 24.9. The van der Waals surface area contributed by atoms with Crippen molar-refractivity contribution in [1.29, 1.82) is 0 Å². The molecule has 6 nitrogen and oxygen atoms in total. The minimum Gasteiger partial charge on any atom is -0.507 e. The van der Waals surface area contributed by atoms with Crippen LogP contribution in [0.15, 0.2) is 72.8 Å². The first kappa shape index (κ1) is 19.8. The fraction of sp³-hybridized carbons (Fsp3) is 0.115. The fourth-order valence-corrected chi connectivity index (χ4v) is 3.86. The van der Waals surface area contributed by atoms with E-state index in [1.54, 1.807) is 6.07 Å². The lowest BCUT2D eigenvalue weighted by Crippen LogP contribution is -2.10. The average Bonchev–Trinajstić information content (AvgIpc) is 2.76. The lowest BCUT2D eigenvalue weighted by Gasteiger charge is -2.14. The molecule has 32 heavy (non-hydrogen) atoms. The molecule has 4 aromatic carbocycles. The Bertz CT molecular complexity index is 1390. The van der Waals surface area contributed by atoms with Gasteiger partial charge in [-0.15, -0.1) is 0 Å². The highest BCUT2D eigenvalue weighted by Crippen LogP contribution is 2.39. The summed E-state index contributed by atoms with van der Waals surface area (Å²) in [6.45, 7) is 3.77. The molecule has 6 heteroatoms. The summed E-state index contributed by atoms with van der Waals surface area (Å²) in [5.74, 6) is 0.292. The van der Waals surface area contributed by atoms with Gasteiger partial charge in [-0.2, -0.15) is 9.97 Å². The molecule has 0 radical (unpaired) electrons. The Hall–Kier alpha value is -4.19. The number of hydrogen-bond acceptors (Lipinski definition) is 6. The number of benzene rings is 4. The summed E-state index contributed by atoms with van der Waals surface area (Å²) >= 11 is 0. The van der Waals surface area contributed by atoms with E-state index in [-0.39, 0.29) is 35.0 Å². The van der Waals surface area contributed by atoms with Gasteiger partial charge in [-0.1, -0.05) is 54.6 Å². The molecule has 1 heterocycles. The molecule has 1 aromatic heterocycles. The van der Waals surface area contributed by atoms with Gasteiger partial charge in [-0.25, -0.2) is 4.98 Å². The molecule has 2 N–H and O–H groups in total. The molecule has 0 aliphatic heterocycles. The van der Waals surface area contributed by atoms with Crippen molar-refractivity contribution < 1.29 is 14.9 Å². The van der Waals surface area contributed by atoms with Gasteiger partial charge in [0.2, 0.25) is 0 Å². The van der Waals surface area contributed by atoms with Crippen molar-refractivity contribution in [3.63, 3.8) is 0 Å². The summed E-state index contributed by atoms with van der Waals surface area (Å²) in [6.07, 6.45) is -0.166. The van der Waals surface area contributed by atoms with Gasteiger partial charge in [-0.3, -0.25) is 0 Å². The number of aromatic nitrogens is 3. The van der Waals surface area contributed by atoms with E-state index in [9.17, 15) is 10.2 Å². The Morgan fingerprint density at radius 2 is 1.19 bits per heavy atom. The first-order chi connectivity index (χ1) is 15.5. The lowest BCUT2D eigenvalue weighted by atomic mass is 9.96. The quantitative estimate of drug-likeness (QED) is 0.360. The van der Waals surface area contributed by atoms with E-state index in [4.69, 9.17) is 4.74 Å². The molecule has 0 amide bonds. The second kappa shape index (κ2) is 7.81.